The highest BCUT2D eigenvalue weighted by Gasteiger charge is 2.11. The van der Waals surface area contributed by atoms with Crippen molar-refractivity contribution in [3.63, 3.8) is 0 Å². The number of ether oxygens (including phenoxy) is 1. The number of amides is 1. The molecule has 0 radical (unpaired) electrons. The number of benzene rings is 1. The van der Waals surface area contributed by atoms with E-state index < -0.39 is 5.63 Å². The van der Waals surface area contributed by atoms with Gasteiger partial charge in [-0.3, -0.25) is 4.79 Å². The standard InChI is InChI=1S/C17H14ClNO5/c1-10-5-17(21)24-14-7-15(13(18)6-12(10)14)23-9-16(20)19-8-11-3-2-4-22-11/h2-7H,8-9H2,1H3,(H,19,20). The lowest BCUT2D eigenvalue weighted by molar-refractivity contribution is -0.123. The molecule has 1 aromatic carbocycles. The fourth-order valence-corrected chi connectivity index (χ4v) is 2.44. The van der Waals surface area contributed by atoms with Crippen LogP contribution >= 0.6 is 11.6 Å². The lowest BCUT2D eigenvalue weighted by atomic mass is 10.1. The smallest absolute Gasteiger partial charge is 0.336 e. The van der Waals surface area contributed by atoms with Crippen molar-refractivity contribution < 1.29 is 18.4 Å². The van der Waals surface area contributed by atoms with Crippen molar-refractivity contribution in [2.75, 3.05) is 6.61 Å². The maximum atomic E-state index is 11.8. The average molecular weight is 348 g/mol. The summed E-state index contributed by atoms with van der Waals surface area (Å²) in [4.78, 5) is 23.3. The van der Waals surface area contributed by atoms with Crippen molar-refractivity contribution in [1.29, 1.82) is 0 Å². The van der Waals surface area contributed by atoms with E-state index >= 15 is 0 Å². The van der Waals surface area contributed by atoms with E-state index in [-0.39, 0.29) is 24.8 Å². The summed E-state index contributed by atoms with van der Waals surface area (Å²) >= 11 is 6.17. The fourth-order valence-electron chi connectivity index (χ4n) is 2.22. The number of aryl methyl sites for hydroxylation is 1. The number of rotatable bonds is 5. The number of hydrogen-bond acceptors (Lipinski definition) is 5. The van der Waals surface area contributed by atoms with Gasteiger partial charge in [-0.25, -0.2) is 4.79 Å². The SMILES string of the molecule is Cc1cc(=O)oc2cc(OCC(=O)NCc3ccco3)c(Cl)cc12. The molecule has 0 saturated carbocycles. The molecule has 3 aromatic rings. The third-order valence-corrected chi connectivity index (χ3v) is 3.70. The van der Waals surface area contributed by atoms with Crippen molar-refractivity contribution in [2.45, 2.75) is 13.5 Å². The first-order valence-electron chi connectivity index (χ1n) is 7.19. The van der Waals surface area contributed by atoms with Gasteiger partial charge in [0.15, 0.2) is 6.61 Å². The highest BCUT2D eigenvalue weighted by Crippen LogP contribution is 2.30. The highest BCUT2D eigenvalue weighted by atomic mass is 35.5. The van der Waals surface area contributed by atoms with Gasteiger partial charge in [0.1, 0.15) is 17.1 Å². The molecule has 2 aromatic heterocycles. The van der Waals surface area contributed by atoms with Crippen LogP contribution in [0.2, 0.25) is 5.02 Å². The number of carbonyl (C=O) groups is 1. The second kappa shape index (κ2) is 6.80. The molecule has 1 N–H and O–H groups in total. The van der Waals surface area contributed by atoms with Crippen molar-refractivity contribution in [3.05, 3.63) is 63.4 Å². The topological polar surface area (TPSA) is 81.7 Å². The van der Waals surface area contributed by atoms with Crippen LogP contribution in [-0.4, -0.2) is 12.5 Å². The van der Waals surface area contributed by atoms with E-state index in [4.69, 9.17) is 25.2 Å². The Morgan fingerprint density at radius 3 is 2.92 bits per heavy atom. The first kappa shape index (κ1) is 16.1. The van der Waals surface area contributed by atoms with Crippen LogP contribution in [0.25, 0.3) is 11.0 Å². The second-order valence-corrected chi connectivity index (χ2v) is 5.58. The first-order chi connectivity index (χ1) is 11.5. The summed E-state index contributed by atoms with van der Waals surface area (Å²) in [5, 5.41) is 3.70. The van der Waals surface area contributed by atoms with E-state index in [1.54, 1.807) is 25.1 Å². The molecule has 24 heavy (non-hydrogen) atoms. The Kier molecular flexibility index (Phi) is 4.57. The van der Waals surface area contributed by atoms with Gasteiger partial charge in [-0.05, 0) is 30.7 Å². The lowest BCUT2D eigenvalue weighted by Crippen LogP contribution is -2.28. The Morgan fingerprint density at radius 2 is 2.17 bits per heavy atom. The van der Waals surface area contributed by atoms with Gasteiger partial charge >= 0.3 is 5.63 Å². The van der Waals surface area contributed by atoms with E-state index in [1.165, 1.54) is 18.4 Å². The number of carbonyl (C=O) groups excluding carboxylic acids is 1. The van der Waals surface area contributed by atoms with Gasteiger partial charge in [-0.1, -0.05) is 11.6 Å². The molecule has 6 nitrogen and oxygen atoms in total. The molecule has 3 rings (SSSR count). The number of halogens is 1. The van der Waals surface area contributed by atoms with Gasteiger partial charge in [-0.2, -0.15) is 0 Å². The quantitative estimate of drug-likeness (QED) is 0.717. The van der Waals surface area contributed by atoms with Gasteiger partial charge in [0.05, 0.1) is 17.8 Å². The minimum atomic E-state index is -0.454. The van der Waals surface area contributed by atoms with Crippen LogP contribution in [0.1, 0.15) is 11.3 Å². The van der Waals surface area contributed by atoms with Crippen LogP contribution in [0.3, 0.4) is 0 Å². The highest BCUT2D eigenvalue weighted by molar-refractivity contribution is 6.32. The Morgan fingerprint density at radius 1 is 1.33 bits per heavy atom. The molecular weight excluding hydrogens is 334 g/mol. The van der Waals surface area contributed by atoms with Gasteiger partial charge in [-0.15, -0.1) is 0 Å². The van der Waals surface area contributed by atoms with Gasteiger partial charge in [0.2, 0.25) is 0 Å². The van der Waals surface area contributed by atoms with E-state index in [9.17, 15) is 9.59 Å². The van der Waals surface area contributed by atoms with Crippen molar-refractivity contribution >= 4 is 28.5 Å². The molecule has 1 amide bonds. The Hall–Kier alpha value is -2.73. The summed E-state index contributed by atoms with van der Waals surface area (Å²) in [5.74, 6) is 0.587. The Bertz CT molecular complexity index is 930. The van der Waals surface area contributed by atoms with E-state index in [2.05, 4.69) is 5.32 Å². The summed E-state index contributed by atoms with van der Waals surface area (Å²) in [5.41, 5.74) is 0.658. The zero-order valence-electron chi connectivity index (χ0n) is 12.8. The zero-order valence-corrected chi connectivity index (χ0v) is 13.6. The van der Waals surface area contributed by atoms with Gasteiger partial charge in [0, 0.05) is 17.5 Å². The molecule has 124 valence electrons. The van der Waals surface area contributed by atoms with Crippen LogP contribution in [0.4, 0.5) is 0 Å². The van der Waals surface area contributed by atoms with Crippen molar-refractivity contribution in [1.82, 2.24) is 5.32 Å². The molecule has 2 heterocycles. The predicted octanol–water partition coefficient (Wildman–Crippen LogP) is 3.04. The molecule has 0 saturated heterocycles. The molecule has 7 heteroatoms. The van der Waals surface area contributed by atoms with Crippen LogP contribution in [-0.2, 0) is 11.3 Å². The maximum Gasteiger partial charge on any atom is 0.336 e. The minimum Gasteiger partial charge on any atom is -0.482 e. The first-order valence-corrected chi connectivity index (χ1v) is 7.56. The number of fused-ring (bicyclic) bond motifs is 1. The average Bonchev–Trinajstić information content (AvgIpc) is 3.05. The molecule has 0 unspecified atom stereocenters. The van der Waals surface area contributed by atoms with E-state index in [1.807, 2.05) is 0 Å². The third-order valence-electron chi connectivity index (χ3n) is 3.40. The molecule has 0 atom stereocenters. The fraction of sp³-hybridized carbons (Fsp3) is 0.176. The van der Waals surface area contributed by atoms with E-state index in [0.29, 0.717) is 21.8 Å². The molecular formula is C17H14ClNO5. The summed E-state index contributed by atoms with van der Waals surface area (Å²) in [6, 6.07) is 8.03. The maximum absolute atomic E-state index is 11.8. The van der Waals surface area contributed by atoms with E-state index in [0.717, 1.165) is 5.56 Å². The lowest BCUT2D eigenvalue weighted by Gasteiger charge is -2.10. The summed E-state index contributed by atoms with van der Waals surface area (Å²) < 4.78 is 15.7. The largest absolute Gasteiger partial charge is 0.482 e. The Balaban J connectivity index is 1.69. The number of nitrogens with one attached hydrogen (secondary N) is 1. The molecule has 0 fully saturated rings. The summed E-state index contributed by atoms with van der Waals surface area (Å²) in [7, 11) is 0. The summed E-state index contributed by atoms with van der Waals surface area (Å²) in [6.07, 6.45) is 1.53. The van der Waals surface area contributed by atoms with Crippen molar-refractivity contribution in [2.24, 2.45) is 0 Å². The van der Waals surface area contributed by atoms with Crippen LogP contribution in [0.15, 0.2) is 50.2 Å². The minimum absolute atomic E-state index is 0.220. The van der Waals surface area contributed by atoms with Crippen molar-refractivity contribution in [3.8, 4) is 5.75 Å². The monoisotopic (exact) mass is 347 g/mol. The third kappa shape index (κ3) is 3.60. The van der Waals surface area contributed by atoms with Crippen LogP contribution in [0.5, 0.6) is 5.75 Å². The van der Waals surface area contributed by atoms with Gasteiger partial charge < -0.3 is 18.9 Å². The molecule has 0 aliphatic carbocycles. The van der Waals surface area contributed by atoms with Gasteiger partial charge in [0.25, 0.3) is 5.91 Å². The normalized spacial score (nSPS) is 10.8. The summed E-state index contributed by atoms with van der Waals surface area (Å²) in [6.45, 7) is 1.84. The number of hydrogen-bond donors (Lipinski definition) is 1. The zero-order chi connectivity index (χ0) is 17.1. The molecule has 0 bridgehead atoms. The molecule has 0 aliphatic heterocycles. The van der Waals surface area contributed by atoms with Crippen LogP contribution < -0.4 is 15.7 Å². The van der Waals surface area contributed by atoms with Crippen LogP contribution in [0, 0.1) is 6.92 Å². The number of furan rings is 1. The molecule has 0 aliphatic rings. The molecule has 0 spiro atoms. The predicted molar refractivity (Wildman–Crippen MR) is 88.3 cm³/mol. The Labute approximate surface area is 142 Å². The second-order valence-electron chi connectivity index (χ2n) is 5.17.